The zero-order chi connectivity index (χ0) is 20.1. The Morgan fingerprint density at radius 2 is 1.86 bits per heavy atom. The van der Waals surface area contributed by atoms with Gasteiger partial charge in [0, 0.05) is 18.1 Å². The topological polar surface area (TPSA) is 55.8 Å². The Bertz CT molecular complexity index is 873. The van der Waals surface area contributed by atoms with Crippen LogP contribution in [-0.4, -0.2) is 43.9 Å². The number of carbonyl (C=O) groups is 2. The minimum Gasteiger partial charge on any atom is -0.493 e. The zero-order valence-corrected chi connectivity index (χ0v) is 16.8. The van der Waals surface area contributed by atoms with Crippen molar-refractivity contribution in [3.63, 3.8) is 0 Å². The molecule has 0 saturated heterocycles. The number of hydrogen-bond donors (Lipinski definition) is 0. The molecule has 3 rings (SSSR count). The molecule has 0 spiro atoms. The van der Waals surface area contributed by atoms with E-state index in [1.54, 1.807) is 6.07 Å². The highest BCUT2D eigenvalue weighted by atomic mass is 16.5. The van der Waals surface area contributed by atoms with Crippen LogP contribution in [0.3, 0.4) is 0 Å². The molecule has 0 radical (unpaired) electrons. The predicted octanol–water partition coefficient (Wildman–Crippen LogP) is 3.66. The summed E-state index contributed by atoms with van der Waals surface area (Å²) in [4.78, 5) is 27.4. The fourth-order valence-electron chi connectivity index (χ4n) is 3.51. The molecule has 148 valence electrons. The molecule has 0 aromatic heterocycles. The van der Waals surface area contributed by atoms with Crippen LogP contribution in [0.5, 0.6) is 11.5 Å². The lowest BCUT2D eigenvalue weighted by atomic mass is 9.97. The van der Waals surface area contributed by atoms with E-state index in [4.69, 9.17) is 9.47 Å². The van der Waals surface area contributed by atoms with Crippen molar-refractivity contribution in [2.24, 2.45) is 0 Å². The molecule has 0 unspecified atom stereocenters. The first-order valence-corrected chi connectivity index (χ1v) is 9.77. The van der Waals surface area contributed by atoms with Crippen molar-refractivity contribution in [3.8, 4) is 11.5 Å². The maximum atomic E-state index is 13.2. The van der Waals surface area contributed by atoms with Crippen LogP contribution in [0.15, 0.2) is 36.4 Å². The monoisotopic (exact) mass is 381 g/mol. The number of fused-ring (bicyclic) bond motifs is 2. The molecule has 0 atom stereocenters. The van der Waals surface area contributed by atoms with E-state index in [-0.39, 0.29) is 11.8 Å². The maximum absolute atomic E-state index is 13.2. The van der Waals surface area contributed by atoms with Crippen LogP contribution in [0.2, 0.25) is 0 Å². The van der Waals surface area contributed by atoms with Crippen molar-refractivity contribution < 1.29 is 19.1 Å². The average molecular weight is 381 g/mol. The second-order valence-corrected chi connectivity index (χ2v) is 7.26. The van der Waals surface area contributed by atoms with Crippen LogP contribution in [0.1, 0.15) is 46.8 Å². The van der Waals surface area contributed by atoms with Crippen molar-refractivity contribution in [2.75, 3.05) is 27.2 Å². The average Bonchev–Trinajstić information content (AvgIpc) is 2.79. The van der Waals surface area contributed by atoms with Crippen LogP contribution in [-0.2, 0) is 17.6 Å². The summed E-state index contributed by atoms with van der Waals surface area (Å²) in [5.74, 6) is 0.622. The number of hydrogen-bond acceptors (Lipinski definition) is 5. The van der Waals surface area contributed by atoms with Gasteiger partial charge >= 0.3 is 5.97 Å². The molecular weight excluding hydrogens is 354 g/mol. The van der Waals surface area contributed by atoms with Gasteiger partial charge in [0.25, 0.3) is 0 Å². The van der Waals surface area contributed by atoms with Crippen molar-refractivity contribution >= 4 is 11.8 Å². The third kappa shape index (κ3) is 4.60. The van der Waals surface area contributed by atoms with Gasteiger partial charge in [-0.2, -0.15) is 0 Å². The molecule has 5 nitrogen and oxygen atoms in total. The second-order valence-electron chi connectivity index (χ2n) is 7.26. The minimum atomic E-state index is -0.271. The lowest BCUT2D eigenvalue weighted by Gasteiger charge is -2.15. The van der Waals surface area contributed by atoms with E-state index < -0.39 is 0 Å². The van der Waals surface area contributed by atoms with Gasteiger partial charge in [-0.25, -0.2) is 0 Å². The lowest BCUT2D eigenvalue weighted by molar-refractivity contribution is -0.134. The third-order valence-electron chi connectivity index (χ3n) is 4.83. The Labute approximate surface area is 166 Å². The smallest absolute Gasteiger partial charge is 0.311 e. The van der Waals surface area contributed by atoms with E-state index in [1.807, 2.05) is 56.3 Å². The molecule has 0 bridgehead atoms. The quantitative estimate of drug-likeness (QED) is 0.541. The molecule has 0 fully saturated rings. The van der Waals surface area contributed by atoms with Gasteiger partial charge in [-0.3, -0.25) is 9.59 Å². The van der Waals surface area contributed by atoms with Gasteiger partial charge in [0.2, 0.25) is 0 Å². The summed E-state index contributed by atoms with van der Waals surface area (Å²) in [7, 11) is 3.95. The SMILES string of the molecule is CCOc1cc(OC(=O)CCCN(C)C)cc2c1C(=O)c1ccccc1CC2. The highest BCUT2D eigenvalue weighted by Gasteiger charge is 2.26. The number of benzene rings is 2. The van der Waals surface area contributed by atoms with Gasteiger partial charge in [0.15, 0.2) is 5.78 Å². The highest BCUT2D eigenvalue weighted by Crippen LogP contribution is 2.35. The number of rotatable bonds is 7. The number of carbonyl (C=O) groups excluding carboxylic acids is 2. The minimum absolute atomic E-state index is 0.0320. The molecule has 0 saturated carbocycles. The van der Waals surface area contributed by atoms with Crippen LogP contribution in [0.25, 0.3) is 0 Å². The molecule has 5 heteroatoms. The highest BCUT2D eigenvalue weighted by molar-refractivity contribution is 6.13. The standard InChI is InChI=1S/C23H27NO4/c1-4-27-20-15-18(28-21(25)10-7-13-24(2)3)14-17-12-11-16-8-5-6-9-19(16)23(26)22(17)20/h5-6,8-9,14-15H,4,7,10-13H2,1-3H3. The molecule has 0 aliphatic heterocycles. The molecule has 0 N–H and O–H groups in total. The first kappa shape index (κ1) is 20.1. The number of ether oxygens (including phenoxy) is 2. The third-order valence-corrected chi connectivity index (χ3v) is 4.83. The summed E-state index contributed by atoms with van der Waals surface area (Å²) in [6, 6.07) is 11.2. The van der Waals surface area contributed by atoms with E-state index >= 15 is 0 Å². The summed E-state index contributed by atoms with van der Waals surface area (Å²) < 4.78 is 11.3. The molecule has 28 heavy (non-hydrogen) atoms. The van der Waals surface area contributed by atoms with Crippen LogP contribution in [0, 0.1) is 0 Å². The van der Waals surface area contributed by atoms with Gasteiger partial charge in [0.05, 0.1) is 12.2 Å². The van der Waals surface area contributed by atoms with Gasteiger partial charge in [-0.1, -0.05) is 24.3 Å². The first-order chi connectivity index (χ1) is 13.5. The number of esters is 1. The van der Waals surface area contributed by atoms with Crippen molar-refractivity contribution in [3.05, 3.63) is 58.7 Å². The van der Waals surface area contributed by atoms with E-state index in [0.29, 0.717) is 36.5 Å². The zero-order valence-electron chi connectivity index (χ0n) is 16.8. The Morgan fingerprint density at radius 3 is 2.61 bits per heavy atom. The van der Waals surface area contributed by atoms with Crippen molar-refractivity contribution in [2.45, 2.75) is 32.6 Å². The van der Waals surface area contributed by atoms with E-state index in [2.05, 4.69) is 0 Å². The van der Waals surface area contributed by atoms with E-state index in [9.17, 15) is 9.59 Å². The summed E-state index contributed by atoms with van der Waals surface area (Å²) in [6.07, 6.45) is 2.55. The van der Waals surface area contributed by atoms with Crippen LogP contribution >= 0.6 is 0 Å². The fourth-order valence-corrected chi connectivity index (χ4v) is 3.51. The Morgan fingerprint density at radius 1 is 1.11 bits per heavy atom. The Hall–Kier alpha value is -2.66. The molecule has 2 aromatic rings. The van der Waals surface area contributed by atoms with Gasteiger partial charge < -0.3 is 14.4 Å². The molecular formula is C23H27NO4. The van der Waals surface area contributed by atoms with Gasteiger partial charge in [0.1, 0.15) is 11.5 Å². The Balaban J connectivity index is 1.88. The number of nitrogens with zero attached hydrogens (tertiary/aromatic N) is 1. The summed E-state index contributed by atoms with van der Waals surface area (Å²) in [5.41, 5.74) is 3.20. The number of aryl methyl sites for hydroxylation is 2. The van der Waals surface area contributed by atoms with Gasteiger partial charge in [-0.05, 0) is 64.0 Å². The van der Waals surface area contributed by atoms with Crippen LogP contribution < -0.4 is 9.47 Å². The van der Waals surface area contributed by atoms with Gasteiger partial charge in [-0.15, -0.1) is 0 Å². The van der Waals surface area contributed by atoms with Crippen molar-refractivity contribution in [1.82, 2.24) is 4.90 Å². The maximum Gasteiger partial charge on any atom is 0.311 e. The summed E-state index contributed by atoms with van der Waals surface area (Å²) >= 11 is 0. The van der Waals surface area contributed by atoms with Crippen molar-refractivity contribution in [1.29, 1.82) is 0 Å². The molecule has 1 aliphatic rings. The largest absolute Gasteiger partial charge is 0.493 e. The summed E-state index contributed by atoms with van der Waals surface area (Å²) in [5, 5.41) is 0. The summed E-state index contributed by atoms with van der Waals surface area (Å²) in [6.45, 7) is 3.14. The molecule has 2 aromatic carbocycles. The molecule has 0 amide bonds. The predicted molar refractivity (Wildman–Crippen MR) is 108 cm³/mol. The molecule has 0 heterocycles. The number of ketones is 1. The Kier molecular flexibility index (Phi) is 6.47. The van der Waals surface area contributed by atoms with E-state index in [0.717, 1.165) is 36.1 Å². The second kappa shape index (κ2) is 9.02. The first-order valence-electron chi connectivity index (χ1n) is 9.77. The van der Waals surface area contributed by atoms with E-state index in [1.165, 1.54) is 0 Å². The lowest BCUT2D eigenvalue weighted by Crippen LogP contribution is -2.16. The molecule has 1 aliphatic carbocycles. The normalized spacial score (nSPS) is 12.9. The van der Waals surface area contributed by atoms with Crippen LogP contribution in [0.4, 0.5) is 0 Å². The fraction of sp³-hybridized carbons (Fsp3) is 0.391.